The van der Waals surface area contributed by atoms with E-state index >= 15 is 0 Å². The average molecular weight is 415 g/mol. The van der Waals surface area contributed by atoms with Crippen molar-refractivity contribution in [3.63, 3.8) is 0 Å². The van der Waals surface area contributed by atoms with Crippen molar-refractivity contribution in [1.82, 2.24) is 25.0 Å². The number of likely N-dealkylation sites (tertiary alicyclic amines) is 1. The van der Waals surface area contributed by atoms with Gasteiger partial charge in [0.25, 0.3) is 5.91 Å². The molecule has 1 saturated heterocycles. The number of amides is 2. The number of nitrogens with zero attached hydrogens (tertiary/aromatic N) is 4. The summed E-state index contributed by atoms with van der Waals surface area (Å²) in [5, 5.41) is 10.9. The second-order valence-electron chi connectivity index (χ2n) is 7.09. The molecule has 2 amide bonds. The zero-order valence-corrected chi connectivity index (χ0v) is 17.0. The van der Waals surface area contributed by atoms with E-state index in [0.717, 1.165) is 29.1 Å². The van der Waals surface area contributed by atoms with Crippen LogP contribution in [0.15, 0.2) is 27.1 Å². The highest BCUT2D eigenvalue weighted by Crippen LogP contribution is 2.35. The maximum Gasteiger partial charge on any atom is 0.287 e. The molecule has 0 spiro atoms. The van der Waals surface area contributed by atoms with Gasteiger partial charge in [0.15, 0.2) is 11.5 Å². The third kappa shape index (κ3) is 4.21. The Labute approximate surface area is 171 Å². The zero-order chi connectivity index (χ0) is 20.4. The molecule has 0 bridgehead atoms. The highest BCUT2D eigenvalue weighted by Gasteiger charge is 2.30. The molecule has 1 atom stereocenters. The van der Waals surface area contributed by atoms with Crippen molar-refractivity contribution in [2.75, 3.05) is 19.6 Å². The normalized spacial score (nSPS) is 16.8. The summed E-state index contributed by atoms with van der Waals surface area (Å²) in [5.41, 5.74) is 1.63. The SMILES string of the molecule is Cc1cc(-c2snnc2[C@H]2CCCN(C(=O)CNC(=O)c3ccc(C)o3)C2)on1. The van der Waals surface area contributed by atoms with E-state index in [4.69, 9.17) is 8.94 Å². The van der Waals surface area contributed by atoms with Crippen molar-refractivity contribution in [1.29, 1.82) is 0 Å². The van der Waals surface area contributed by atoms with Crippen molar-refractivity contribution in [3.8, 4) is 10.6 Å². The van der Waals surface area contributed by atoms with Crippen LogP contribution in [0.3, 0.4) is 0 Å². The highest BCUT2D eigenvalue weighted by molar-refractivity contribution is 7.09. The van der Waals surface area contributed by atoms with E-state index in [0.29, 0.717) is 24.6 Å². The van der Waals surface area contributed by atoms with Crippen LogP contribution in [0.4, 0.5) is 0 Å². The fourth-order valence-electron chi connectivity index (χ4n) is 3.44. The Kier molecular flexibility index (Phi) is 5.43. The van der Waals surface area contributed by atoms with E-state index in [1.165, 1.54) is 11.5 Å². The van der Waals surface area contributed by atoms with Gasteiger partial charge in [-0.3, -0.25) is 9.59 Å². The van der Waals surface area contributed by atoms with Crippen molar-refractivity contribution in [3.05, 3.63) is 41.1 Å². The number of nitrogens with one attached hydrogen (secondary N) is 1. The summed E-state index contributed by atoms with van der Waals surface area (Å²) in [6, 6.07) is 5.16. The van der Waals surface area contributed by atoms with Crippen molar-refractivity contribution in [2.45, 2.75) is 32.6 Å². The first-order chi connectivity index (χ1) is 14.0. The molecule has 4 heterocycles. The van der Waals surface area contributed by atoms with Crippen LogP contribution in [0.5, 0.6) is 0 Å². The summed E-state index contributed by atoms with van der Waals surface area (Å²) in [5.74, 6) is 1.04. The van der Waals surface area contributed by atoms with Crippen molar-refractivity contribution in [2.24, 2.45) is 0 Å². The van der Waals surface area contributed by atoms with Crippen LogP contribution in [0.2, 0.25) is 0 Å². The van der Waals surface area contributed by atoms with Gasteiger partial charge in [0.2, 0.25) is 5.91 Å². The van der Waals surface area contributed by atoms with Gasteiger partial charge in [-0.25, -0.2) is 0 Å². The van der Waals surface area contributed by atoms with Crippen LogP contribution in [0.1, 0.15) is 46.5 Å². The Hall–Kier alpha value is -3.01. The summed E-state index contributed by atoms with van der Waals surface area (Å²) in [4.78, 5) is 27.3. The van der Waals surface area contributed by atoms with Gasteiger partial charge in [-0.15, -0.1) is 5.10 Å². The van der Waals surface area contributed by atoms with Crippen LogP contribution in [-0.2, 0) is 4.79 Å². The molecule has 1 aliphatic rings. The second-order valence-corrected chi connectivity index (χ2v) is 7.85. The number of hydrogen-bond donors (Lipinski definition) is 1. The molecule has 1 aliphatic heterocycles. The minimum atomic E-state index is -0.397. The van der Waals surface area contributed by atoms with Gasteiger partial charge in [-0.1, -0.05) is 9.64 Å². The van der Waals surface area contributed by atoms with Crippen LogP contribution in [-0.4, -0.2) is 51.1 Å². The fraction of sp³-hybridized carbons (Fsp3) is 0.421. The van der Waals surface area contributed by atoms with E-state index in [-0.39, 0.29) is 24.1 Å². The molecular weight excluding hydrogens is 394 g/mol. The molecule has 0 unspecified atom stereocenters. The number of aryl methyl sites for hydroxylation is 2. The first-order valence-electron chi connectivity index (χ1n) is 9.39. The Bertz CT molecular complexity index is 1020. The third-order valence-electron chi connectivity index (χ3n) is 4.89. The number of aromatic nitrogens is 3. The molecule has 0 aliphatic carbocycles. The summed E-state index contributed by atoms with van der Waals surface area (Å²) in [6.07, 6.45) is 1.77. The first kappa shape index (κ1) is 19.3. The monoisotopic (exact) mass is 415 g/mol. The molecule has 29 heavy (non-hydrogen) atoms. The lowest BCUT2D eigenvalue weighted by Gasteiger charge is -2.32. The molecule has 3 aromatic rings. The molecule has 3 aromatic heterocycles. The molecule has 4 rings (SSSR count). The Morgan fingerprint density at radius 3 is 2.93 bits per heavy atom. The van der Waals surface area contributed by atoms with Gasteiger partial charge in [-0.05, 0) is 50.4 Å². The molecule has 0 aromatic carbocycles. The largest absolute Gasteiger partial charge is 0.456 e. The standard InChI is InChI=1S/C19H21N5O4S/c1-11-8-15(28-22-11)18-17(21-23-29-18)13-4-3-7-24(10-13)16(25)9-20-19(26)14-6-5-12(2)27-14/h5-6,8,13H,3-4,7,9-10H2,1-2H3,(H,20,26)/t13-/m0/s1. The van der Waals surface area contributed by atoms with Gasteiger partial charge in [-0.2, -0.15) is 0 Å². The summed E-state index contributed by atoms with van der Waals surface area (Å²) in [6.45, 7) is 4.73. The smallest absolute Gasteiger partial charge is 0.287 e. The van der Waals surface area contributed by atoms with E-state index in [1.807, 2.05) is 13.0 Å². The quantitative estimate of drug-likeness (QED) is 0.681. The number of carbonyl (C=O) groups is 2. The van der Waals surface area contributed by atoms with Crippen LogP contribution >= 0.6 is 11.5 Å². The lowest BCUT2D eigenvalue weighted by atomic mass is 9.93. The highest BCUT2D eigenvalue weighted by atomic mass is 32.1. The molecule has 9 nitrogen and oxygen atoms in total. The minimum absolute atomic E-state index is 0.0651. The first-order valence-corrected chi connectivity index (χ1v) is 10.2. The predicted octanol–water partition coefficient (Wildman–Crippen LogP) is 2.54. The number of carbonyl (C=O) groups excluding carboxylic acids is 2. The van der Waals surface area contributed by atoms with Crippen molar-refractivity contribution >= 4 is 23.3 Å². The Morgan fingerprint density at radius 1 is 1.34 bits per heavy atom. The topological polar surface area (TPSA) is 114 Å². The van der Waals surface area contributed by atoms with E-state index in [1.54, 1.807) is 24.0 Å². The summed E-state index contributed by atoms with van der Waals surface area (Å²) in [7, 11) is 0. The van der Waals surface area contributed by atoms with E-state index in [2.05, 4.69) is 20.1 Å². The van der Waals surface area contributed by atoms with Gasteiger partial charge in [0.05, 0.1) is 17.9 Å². The van der Waals surface area contributed by atoms with Gasteiger partial charge in [0.1, 0.15) is 10.6 Å². The molecular formula is C19H21N5O4S. The molecule has 0 saturated carbocycles. The number of hydrogen-bond acceptors (Lipinski definition) is 8. The maximum atomic E-state index is 12.6. The molecule has 1 N–H and O–H groups in total. The van der Waals surface area contributed by atoms with E-state index in [9.17, 15) is 9.59 Å². The lowest BCUT2D eigenvalue weighted by molar-refractivity contribution is -0.131. The molecule has 10 heteroatoms. The molecule has 1 fully saturated rings. The third-order valence-corrected chi connectivity index (χ3v) is 5.65. The number of piperidine rings is 1. The van der Waals surface area contributed by atoms with E-state index < -0.39 is 5.91 Å². The number of furan rings is 1. The van der Waals surface area contributed by atoms with Gasteiger partial charge in [0, 0.05) is 25.1 Å². The summed E-state index contributed by atoms with van der Waals surface area (Å²) < 4.78 is 14.7. The second kappa shape index (κ2) is 8.16. The van der Waals surface area contributed by atoms with Crippen LogP contribution in [0.25, 0.3) is 10.6 Å². The average Bonchev–Trinajstić information content (AvgIpc) is 3.46. The molecule has 152 valence electrons. The van der Waals surface area contributed by atoms with Crippen LogP contribution in [0, 0.1) is 13.8 Å². The van der Waals surface area contributed by atoms with Crippen LogP contribution < -0.4 is 5.32 Å². The van der Waals surface area contributed by atoms with Crippen molar-refractivity contribution < 1.29 is 18.5 Å². The number of rotatable bonds is 5. The Morgan fingerprint density at radius 2 is 2.21 bits per heavy atom. The lowest BCUT2D eigenvalue weighted by Crippen LogP contribution is -2.44. The van der Waals surface area contributed by atoms with Gasteiger partial charge >= 0.3 is 0 Å². The molecule has 0 radical (unpaired) electrons. The minimum Gasteiger partial charge on any atom is -0.456 e. The summed E-state index contributed by atoms with van der Waals surface area (Å²) >= 11 is 1.27. The Balaban J connectivity index is 1.39. The zero-order valence-electron chi connectivity index (χ0n) is 16.2. The maximum absolute atomic E-state index is 12.6. The predicted molar refractivity (Wildman–Crippen MR) is 104 cm³/mol. The fourth-order valence-corrected chi connectivity index (χ4v) is 4.14. The van der Waals surface area contributed by atoms with Gasteiger partial charge < -0.3 is 19.2 Å².